The number of nitrogens with zero attached hydrogens (tertiary/aromatic N) is 3. The zero-order valence-corrected chi connectivity index (χ0v) is 16.0. The van der Waals surface area contributed by atoms with E-state index < -0.39 is 0 Å². The molecule has 2 fully saturated rings. The van der Waals surface area contributed by atoms with Gasteiger partial charge in [0.2, 0.25) is 5.91 Å². The minimum atomic E-state index is 0.170. The van der Waals surface area contributed by atoms with E-state index in [-0.39, 0.29) is 5.91 Å². The first-order valence-electron chi connectivity index (χ1n) is 9.16. The van der Waals surface area contributed by atoms with Crippen molar-refractivity contribution in [2.24, 2.45) is 4.99 Å². The van der Waals surface area contributed by atoms with E-state index in [9.17, 15) is 4.79 Å². The van der Waals surface area contributed by atoms with Crippen LogP contribution in [0.1, 0.15) is 30.6 Å². The van der Waals surface area contributed by atoms with Gasteiger partial charge in [-0.3, -0.25) is 14.7 Å². The fourth-order valence-corrected chi connectivity index (χ4v) is 3.86. The predicted molar refractivity (Wildman–Crippen MR) is 103 cm³/mol. The molecule has 1 aromatic rings. The van der Waals surface area contributed by atoms with Gasteiger partial charge in [-0.15, -0.1) is 11.3 Å². The summed E-state index contributed by atoms with van der Waals surface area (Å²) in [5, 5.41) is 8.69. The molecule has 25 heavy (non-hydrogen) atoms. The van der Waals surface area contributed by atoms with Gasteiger partial charge in [-0.2, -0.15) is 0 Å². The molecular formula is C18H29N5OS. The van der Waals surface area contributed by atoms with Crippen LogP contribution < -0.4 is 10.6 Å². The topological polar surface area (TPSA) is 60.0 Å². The third-order valence-electron chi connectivity index (χ3n) is 4.79. The van der Waals surface area contributed by atoms with Crippen LogP contribution in [0.25, 0.3) is 0 Å². The molecule has 1 unspecified atom stereocenters. The van der Waals surface area contributed by atoms with E-state index in [4.69, 9.17) is 0 Å². The predicted octanol–water partition coefficient (Wildman–Crippen LogP) is 1.32. The second-order valence-corrected chi connectivity index (χ2v) is 7.93. The highest BCUT2D eigenvalue weighted by Gasteiger charge is 2.26. The maximum absolute atomic E-state index is 11.9. The second kappa shape index (κ2) is 8.67. The molecule has 138 valence electrons. The maximum atomic E-state index is 11.9. The number of aliphatic imine (C=N–C) groups is 1. The van der Waals surface area contributed by atoms with Gasteiger partial charge < -0.3 is 15.5 Å². The van der Waals surface area contributed by atoms with Crippen LogP contribution in [0.15, 0.2) is 22.5 Å². The molecule has 1 saturated carbocycles. The minimum absolute atomic E-state index is 0.170. The van der Waals surface area contributed by atoms with Gasteiger partial charge in [0.15, 0.2) is 5.96 Å². The van der Waals surface area contributed by atoms with Crippen LogP contribution in [-0.4, -0.2) is 74.0 Å². The SMILES string of the molecule is CN=C(NCC(C)c1cccs1)N1CCN(CC(=O)NC2CC2)CC1. The smallest absolute Gasteiger partial charge is 0.234 e. The lowest BCUT2D eigenvalue weighted by molar-refractivity contribution is -0.122. The Labute approximate surface area is 154 Å². The molecule has 0 bridgehead atoms. The first kappa shape index (κ1) is 18.2. The number of rotatable bonds is 6. The van der Waals surface area contributed by atoms with Crippen molar-refractivity contribution in [3.05, 3.63) is 22.4 Å². The number of thiophene rings is 1. The van der Waals surface area contributed by atoms with Crippen LogP contribution in [0.5, 0.6) is 0 Å². The lowest BCUT2D eigenvalue weighted by Crippen LogP contribution is -2.54. The first-order valence-corrected chi connectivity index (χ1v) is 10.0. The largest absolute Gasteiger partial charge is 0.356 e. The summed E-state index contributed by atoms with van der Waals surface area (Å²) in [6.45, 7) is 7.26. The number of amides is 1. The van der Waals surface area contributed by atoms with Crippen LogP contribution in [0.4, 0.5) is 0 Å². The Kier molecular flexibility index (Phi) is 6.31. The third kappa shape index (κ3) is 5.44. The third-order valence-corrected chi connectivity index (χ3v) is 5.89. The molecule has 1 aliphatic heterocycles. The fraction of sp³-hybridized carbons (Fsp3) is 0.667. The van der Waals surface area contributed by atoms with Crippen molar-refractivity contribution in [3.63, 3.8) is 0 Å². The number of hydrogen-bond donors (Lipinski definition) is 2. The first-order chi connectivity index (χ1) is 12.2. The molecule has 0 spiro atoms. The molecule has 3 rings (SSSR count). The summed E-state index contributed by atoms with van der Waals surface area (Å²) in [7, 11) is 1.84. The van der Waals surface area contributed by atoms with E-state index in [1.807, 2.05) is 7.05 Å². The summed E-state index contributed by atoms with van der Waals surface area (Å²) >= 11 is 1.80. The lowest BCUT2D eigenvalue weighted by Gasteiger charge is -2.36. The molecule has 7 heteroatoms. The summed E-state index contributed by atoms with van der Waals surface area (Å²) in [6.07, 6.45) is 2.29. The molecule has 0 radical (unpaired) electrons. The summed E-state index contributed by atoms with van der Waals surface area (Å²) in [4.78, 5) is 22.3. The molecule has 1 atom stereocenters. The van der Waals surface area contributed by atoms with Crippen LogP contribution >= 0.6 is 11.3 Å². The molecular weight excluding hydrogens is 334 g/mol. The zero-order chi connectivity index (χ0) is 17.6. The van der Waals surface area contributed by atoms with E-state index in [0.29, 0.717) is 18.5 Å². The van der Waals surface area contributed by atoms with Crippen molar-refractivity contribution in [1.82, 2.24) is 20.4 Å². The number of nitrogens with one attached hydrogen (secondary N) is 2. The monoisotopic (exact) mass is 363 g/mol. The second-order valence-electron chi connectivity index (χ2n) is 6.95. The average molecular weight is 364 g/mol. The number of piperazine rings is 1. The minimum Gasteiger partial charge on any atom is -0.356 e. The highest BCUT2D eigenvalue weighted by atomic mass is 32.1. The maximum Gasteiger partial charge on any atom is 0.234 e. The standard InChI is InChI=1S/C18H29N5OS/c1-14(16-4-3-11-25-16)12-20-18(19-2)23-9-7-22(8-10-23)13-17(24)21-15-5-6-15/h3-4,11,14-15H,5-10,12-13H2,1-2H3,(H,19,20)(H,21,24). The molecule has 2 aliphatic rings. The number of carbonyl (C=O) groups is 1. The summed E-state index contributed by atoms with van der Waals surface area (Å²) < 4.78 is 0. The fourth-order valence-electron chi connectivity index (χ4n) is 3.07. The normalized spacial score (nSPS) is 20.4. The Morgan fingerprint density at radius 1 is 1.36 bits per heavy atom. The van der Waals surface area contributed by atoms with Crippen LogP contribution in [0, 0.1) is 0 Å². The molecule has 2 heterocycles. The van der Waals surface area contributed by atoms with E-state index in [1.165, 1.54) is 4.88 Å². The van der Waals surface area contributed by atoms with Crippen molar-refractivity contribution in [2.45, 2.75) is 31.7 Å². The van der Waals surface area contributed by atoms with Gasteiger partial charge >= 0.3 is 0 Å². The number of carbonyl (C=O) groups excluding carboxylic acids is 1. The summed E-state index contributed by atoms with van der Waals surface area (Å²) in [6, 6.07) is 4.73. The lowest BCUT2D eigenvalue weighted by atomic mass is 10.1. The Bertz CT molecular complexity index is 576. The number of hydrogen-bond acceptors (Lipinski definition) is 4. The van der Waals surface area contributed by atoms with Gasteiger partial charge in [-0.1, -0.05) is 13.0 Å². The quantitative estimate of drug-likeness (QED) is 0.591. The summed E-state index contributed by atoms with van der Waals surface area (Å²) in [5.74, 6) is 1.61. The van der Waals surface area contributed by atoms with E-state index in [1.54, 1.807) is 11.3 Å². The molecule has 6 nitrogen and oxygen atoms in total. The highest BCUT2D eigenvalue weighted by Crippen LogP contribution is 2.20. The summed E-state index contributed by atoms with van der Waals surface area (Å²) in [5.41, 5.74) is 0. The van der Waals surface area contributed by atoms with Gasteiger partial charge in [0.1, 0.15) is 0 Å². The van der Waals surface area contributed by atoms with Crippen LogP contribution in [0.2, 0.25) is 0 Å². The van der Waals surface area contributed by atoms with Gasteiger partial charge in [-0.05, 0) is 24.3 Å². The highest BCUT2D eigenvalue weighted by molar-refractivity contribution is 7.10. The Balaban J connectivity index is 1.40. The van der Waals surface area contributed by atoms with Crippen molar-refractivity contribution < 1.29 is 4.79 Å². The Hall–Kier alpha value is -1.60. The molecule has 2 N–H and O–H groups in total. The molecule has 0 aromatic carbocycles. The number of guanidine groups is 1. The molecule has 1 aromatic heterocycles. The average Bonchev–Trinajstić information content (AvgIpc) is 3.25. The van der Waals surface area contributed by atoms with Crippen molar-refractivity contribution in [1.29, 1.82) is 0 Å². The molecule has 1 aliphatic carbocycles. The van der Waals surface area contributed by atoms with E-state index in [2.05, 4.69) is 49.9 Å². The Morgan fingerprint density at radius 2 is 2.12 bits per heavy atom. The molecule has 1 saturated heterocycles. The van der Waals surface area contributed by atoms with Crippen molar-refractivity contribution in [3.8, 4) is 0 Å². The van der Waals surface area contributed by atoms with Crippen molar-refractivity contribution in [2.75, 3.05) is 46.3 Å². The van der Waals surface area contributed by atoms with E-state index in [0.717, 1.165) is 51.5 Å². The molecule has 1 amide bonds. The van der Waals surface area contributed by atoms with E-state index >= 15 is 0 Å². The van der Waals surface area contributed by atoms with Gasteiger partial charge in [0.05, 0.1) is 6.54 Å². The van der Waals surface area contributed by atoms with Gasteiger partial charge in [0.25, 0.3) is 0 Å². The van der Waals surface area contributed by atoms with Gasteiger partial charge in [0, 0.05) is 56.6 Å². The van der Waals surface area contributed by atoms with Crippen molar-refractivity contribution >= 4 is 23.2 Å². The Morgan fingerprint density at radius 3 is 2.72 bits per heavy atom. The zero-order valence-electron chi connectivity index (χ0n) is 15.2. The van der Waals surface area contributed by atoms with Crippen LogP contribution in [-0.2, 0) is 4.79 Å². The van der Waals surface area contributed by atoms with Crippen LogP contribution in [0.3, 0.4) is 0 Å². The van der Waals surface area contributed by atoms with Gasteiger partial charge in [-0.25, -0.2) is 0 Å².